The minimum Gasteiger partial charge on any atom is -0.387 e. The predicted molar refractivity (Wildman–Crippen MR) is 88.7 cm³/mol. The van der Waals surface area contributed by atoms with Gasteiger partial charge in [-0.1, -0.05) is 25.2 Å². The van der Waals surface area contributed by atoms with Gasteiger partial charge in [0.15, 0.2) is 0 Å². The lowest BCUT2D eigenvalue weighted by Gasteiger charge is -2.16. The molecule has 2 atom stereocenters. The van der Waals surface area contributed by atoms with E-state index in [1.54, 1.807) is 6.92 Å². The molecule has 1 aliphatic carbocycles. The van der Waals surface area contributed by atoms with Gasteiger partial charge < -0.3 is 15.7 Å². The van der Waals surface area contributed by atoms with Gasteiger partial charge in [0.05, 0.1) is 6.10 Å². The third kappa shape index (κ3) is 5.27. The first-order valence-corrected chi connectivity index (χ1v) is 8.40. The first-order valence-electron chi connectivity index (χ1n) is 8.40. The molecule has 0 spiro atoms. The highest BCUT2D eigenvalue weighted by atomic mass is 16.3. The van der Waals surface area contributed by atoms with Crippen molar-refractivity contribution in [3.63, 3.8) is 0 Å². The zero-order chi connectivity index (χ0) is 16.7. The number of aliphatic hydroxyl groups is 1. The number of carbonyl (C=O) groups is 2. The number of hydrogen-bond donors (Lipinski definition) is 3. The van der Waals surface area contributed by atoms with Crippen LogP contribution in [0.5, 0.6) is 0 Å². The first kappa shape index (κ1) is 17.8. The van der Waals surface area contributed by atoms with Crippen molar-refractivity contribution in [1.29, 1.82) is 0 Å². The molecule has 6 heteroatoms. The van der Waals surface area contributed by atoms with E-state index in [0.29, 0.717) is 26.1 Å². The Hall–Kier alpha value is -1.50. The Balaban J connectivity index is 1.51. The Morgan fingerprint density at radius 2 is 2.04 bits per heavy atom. The molecule has 128 valence electrons. The molecule has 1 saturated heterocycles. The van der Waals surface area contributed by atoms with Gasteiger partial charge in [-0.3, -0.25) is 14.5 Å². The van der Waals surface area contributed by atoms with Gasteiger partial charge in [0, 0.05) is 45.1 Å². The molecule has 0 aromatic carbocycles. The fourth-order valence-corrected chi connectivity index (χ4v) is 2.81. The third-order valence-electron chi connectivity index (χ3n) is 4.21. The number of nitrogens with zero attached hydrogens (tertiary/aromatic N) is 1. The number of allylic oxidation sites excluding steroid dienone is 2. The van der Waals surface area contributed by atoms with Crippen LogP contribution in [0, 0.1) is 5.92 Å². The van der Waals surface area contributed by atoms with Gasteiger partial charge in [0.1, 0.15) is 0 Å². The number of imide groups is 1. The average Bonchev–Trinajstić information content (AvgIpc) is 2.80. The Labute approximate surface area is 137 Å². The summed E-state index contributed by atoms with van der Waals surface area (Å²) in [7, 11) is 0. The second-order valence-electron chi connectivity index (χ2n) is 6.14. The summed E-state index contributed by atoms with van der Waals surface area (Å²) >= 11 is 0. The van der Waals surface area contributed by atoms with Crippen molar-refractivity contribution >= 4 is 11.8 Å². The summed E-state index contributed by atoms with van der Waals surface area (Å²) in [6.45, 7) is 4.81. The normalized spacial score (nSPS) is 22.6. The molecule has 1 fully saturated rings. The number of aliphatic hydroxyl groups excluding tert-OH is 1. The maximum absolute atomic E-state index is 11.7. The van der Waals surface area contributed by atoms with E-state index in [4.69, 9.17) is 0 Å². The Morgan fingerprint density at radius 3 is 2.70 bits per heavy atom. The van der Waals surface area contributed by atoms with Crippen molar-refractivity contribution in [2.24, 2.45) is 5.92 Å². The van der Waals surface area contributed by atoms with Gasteiger partial charge in [0.2, 0.25) is 11.8 Å². The minimum atomic E-state index is -0.465. The molecule has 6 nitrogen and oxygen atoms in total. The van der Waals surface area contributed by atoms with Crippen LogP contribution in [0.15, 0.2) is 23.8 Å². The molecule has 2 rings (SSSR count). The molecular formula is C17H27N3O3. The van der Waals surface area contributed by atoms with E-state index in [2.05, 4.69) is 22.8 Å². The van der Waals surface area contributed by atoms with E-state index < -0.39 is 6.10 Å². The molecule has 1 aliphatic heterocycles. The van der Waals surface area contributed by atoms with Crippen LogP contribution >= 0.6 is 0 Å². The van der Waals surface area contributed by atoms with Gasteiger partial charge in [0.25, 0.3) is 0 Å². The van der Waals surface area contributed by atoms with E-state index in [0.717, 1.165) is 31.5 Å². The van der Waals surface area contributed by atoms with Crippen LogP contribution in [0.1, 0.15) is 26.2 Å². The Kier molecular flexibility index (Phi) is 6.95. The molecule has 23 heavy (non-hydrogen) atoms. The highest BCUT2D eigenvalue weighted by Gasteiger charge is 2.34. The fourth-order valence-electron chi connectivity index (χ4n) is 2.81. The lowest BCUT2D eigenvalue weighted by molar-refractivity contribution is -0.139. The summed E-state index contributed by atoms with van der Waals surface area (Å²) in [5.74, 6) is -0.306. The highest BCUT2D eigenvalue weighted by Crippen LogP contribution is 2.17. The van der Waals surface area contributed by atoms with Crippen LogP contribution in [-0.4, -0.2) is 60.6 Å². The summed E-state index contributed by atoms with van der Waals surface area (Å²) in [4.78, 5) is 24.7. The van der Waals surface area contributed by atoms with E-state index >= 15 is 0 Å². The summed E-state index contributed by atoms with van der Waals surface area (Å²) in [6.07, 6.45) is 8.07. The number of carbonyl (C=O) groups excluding carboxylic acids is 2. The zero-order valence-corrected chi connectivity index (χ0v) is 13.8. The molecule has 0 aromatic heterocycles. The van der Waals surface area contributed by atoms with Gasteiger partial charge in [-0.2, -0.15) is 0 Å². The first-order chi connectivity index (χ1) is 11.1. The van der Waals surface area contributed by atoms with Crippen LogP contribution < -0.4 is 10.6 Å². The molecule has 2 unspecified atom stereocenters. The number of likely N-dealkylation sites (tertiary alicyclic amines) is 1. The molecule has 0 saturated carbocycles. The number of amides is 2. The molecule has 3 N–H and O–H groups in total. The number of hydrogen-bond acceptors (Lipinski definition) is 5. The topological polar surface area (TPSA) is 81.7 Å². The van der Waals surface area contributed by atoms with Gasteiger partial charge >= 0.3 is 0 Å². The van der Waals surface area contributed by atoms with Crippen molar-refractivity contribution in [2.75, 3.05) is 32.7 Å². The Morgan fingerprint density at radius 1 is 1.26 bits per heavy atom. The van der Waals surface area contributed by atoms with Crippen molar-refractivity contribution in [3.05, 3.63) is 23.8 Å². The summed E-state index contributed by atoms with van der Waals surface area (Å²) < 4.78 is 0. The molecule has 0 bridgehead atoms. The van der Waals surface area contributed by atoms with Crippen LogP contribution in [0.4, 0.5) is 0 Å². The van der Waals surface area contributed by atoms with E-state index in [9.17, 15) is 14.7 Å². The maximum atomic E-state index is 11.7. The molecule has 2 amide bonds. The lowest BCUT2D eigenvalue weighted by atomic mass is 10.0. The summed E-state index contributed by atoms with van der Waals surface area (Å²) in [5.41, 5.74) is 0.983. The van der Waals surface area contributed by atoms with Crippen LogP contribution in [-0.2, 0) is 9.59 Å². The fraction of sp³-hybridized carbons (Fsp3) is 0.647. The maximum Gasteiger partial charge on any atom is 0.232 e. The van der Waals surface area contributed by atoms with Crippen molar-refractivity contribution < 1.29 is 14.7 Å². The smallest absolute Gasteiger partial charge is 0.232 e. The van der Waals surface area contributed by atoms with E-state index in [1.165, 1.54) is 4.90 Å². The highest BCUT2D eigenvalue weighted by molar-refractivity contribution is 6.03. The van der Waals surface area contributed by atoms with E-state index in [-0.39, 0.29) is 17.7 Å². The SMILES string of the molecule is CC1CC(=O)N(CCNCCNCC(O)C2=CCCC=C2)C1=O. The zero-order valence-electron chi connectivity index (χ0n) is 13.8. The molecule has 2 aliphatic rings. The van der Waals surface area contributed by atoms with Crippen LogP contribution in [0.25, 0.3) is 0 Å². The number of nitrogens with one attached hydrogen (secondary N) is 2. The van der Waals surface area contributed by atoms with Crippen molar-refractivity contribution in [3.8, 4) is 0 Å². The van der Waals surface area contributed by atoms with E-state index in [1.807, 2.05) is 6.08 Å². The molecule has 1 heterocycles. The average molecular weight is 321 g/mol. The summed E-state index contributed by atoms with van der Waals surface area (Å²) in [6, 6.07) is 0. The van der Waals surface area contributed by atoms with Gasteiger partial charge in [-0.15, -0.1) is 0 Å². The van der Waals surface area contributed by atoms with Crippen molar-refractivity contribution in [2.45, 2.75) is 32.3 Å². The quantitative estimate of drug-likeness (QED) is 0.417. The van der Waals surface area contributed by atoms with Gasteiger partial charge in [-0.05, 0) is 18.4 Å². The second-order valence-corrected chi connectivity index (χ2v) is 6.14. The molecule has 0 radical (unpaired) electrons. The third-order valence-corrected chi connectivity index (χ3v) is 4.21. The van der Waals surface area contributed by atoms with Crippen LogP contribution in [0.2, 0.25) is 0 Å². The monoisotopic (exact) mass is 321 g/mol. The largest absolute Gasteiger partial charge is 0.387 e. The minimum absolute atomic E-state index is 0.0631. The standard InChI is InChI=1S/C17H27N3O3/c1-13-11-16(22)20(17(13)23)10-9-18-7-8-19-12-15(21)14-5-3-2-4-6-14/h3,5-6,13,15,18-19,21H,2,4,7-12H2,1H3. The number of rotatable bonds is 9. The Bertz CT molecular complexity index is 487. The lowest BCUT2D eigenvalue weighted by Crippen LogP contribution is -2.39. The summed E-state index contributed by atoms with van der Waals surface area (Å²) in [5, 5.41) is 16.4. The predicted octanol–water partition coefficient (Wildman–Crippen LogP) is 0.198. The van der Waals surface area contributed by atoms with Crippen LogP contribution in [0.3, 0.4) is 0 Å². The molecule has 0 aromatic rings. The second kappa shape index (κ2) is 8.96. The van der Waals surface area contributed by atoms with Gasteiger partial charge in [-0.25, -0.2) is 0 Å². The van der Waals surface area contributed by atoms with Crippen molar-refractivity contribution in [1.82, 2.24) is 15.5 Å². The molecular weight excluding hydrogens is 294 g/mol.